The van der Waals surface area contributed by atoms with Crippen LogP contribution in [0.4, 0.5) is 10.1 Å². The van der Waals surface area contributed by atoms with Crippen molar-refractivity contribution in [1.82, 2.24) is 4.90 Å². The van der Waals surface area contributed by atoms with Gasteiger partial charge in [-0.2, -0.15) is 0 Å². The Hall–Kier alpha value is -2.69. The second kappa shape index (κ2) is 8.58. The fourth-order valence-electron chi connectivity index (χ4n) is 4.13. The summed E-state index contributed by atoms with van der Waals surface area (Å²) >= 11 is 0. The van der Waals surface area contributed by atoms with Crippen molar-refractivity contribution >= 4 is 17.5 Å². The van der Waals surface area contributed by atoms with Crippen LogP contribution in [0, 0.1) is 18.7 Å². The van der Waals surface area contributed by atoms with Gasteiger partial charge in [-0.05, 0) is 61.4 Å². The molecule has 0 aromatic heterocycles. The normalized spacial score (nSPS) is 19.5. The summed E-state index contributed by atoms with van der Waals surface area (Å²) in [6.45, 7) is 10.5. The van der Waals surface area contributed by atoms with Crippen molar-refractivity contribution in [1.29, 1.82) is 0 Å². The van der Waals surface area contributed by atoms with Crippen LogP contribution in [0.25, 0.3) is 0 Å². The number of nitrogens with zero attached hydrogens (tertiary/aromatic N) is 1. The van der Waals surface area contributed by atoms with Crippen LogP contribution in [-0.2, 0) is 10.2 Å². The van der Waals surface area contributed by atoms with Gasteiger partial charge in [0.25, 0.3) is 5.91 Å². The summed E-state index contributed by atoms with van der Waals surface area (Å²) in [4.78, 5) is 27.8. The quantitative estimate of drug-likeness (QED) is 0.745. The van der Waals surface area contributed by atoms with Gasteiger partial charge in [-0.15, -0.1) is 0 Å². The van der Waals surface area contributed by atoms with Crippen LogP contribution in [0.1, 0.15) is 62.0 Å². The largest absolute Gasteiger partial charge is 0.335 e. The zero-order valence-corrected chi connectivity index (χ0v) is 18.5. The van der Waals surface area contributed by atoms with E-state index >= 15 is 0 Å². The van der Waals surface area contributed by atoms with Gasteiger partial charge in [-0.1, -0.05) is 45.0 Å². The summed E-state index contributed by atoms with van der Waals surface area (Å²) in [5.74, 6) is -1.30. The standard InChI is InChI=1S/C25H31FN2O2/c1-16-9-6-13-21(26)22(16)24(30)28-14-8-12-20(17(28)2)23(29)27-19-11-7-10-18(15-19)25(3,4)5/h6-7,9-11,13,15,17,20H,8,12,14H2,1-5H3,(H,27,29)/t17-,20-/m0/s1. The molecule has 1 aliphatic rings. The van der Waals surface area contributed by atoms with Gasteiger partial charge in [0.2, 0.25) is 5.91 Å². The maximum absolute atomic E-state index is 14.3. The number of aryl methyl sites for hydroxylation is 1. The number of carbonyl (C=O) groups excluding carboxylic acids is 2. The highest BCUT2D eigenvalue weighted by Crippen LogP contribution is 2.29. The first-order chi connectivity index (χ1) is 14.1. The lowest BCUT2D eigenvalue weighted by Crippen LogP contribution is -2.50. The minimum atomic E-state index is -0.516. The predicted octanol–water partition coefficient (Wildman–Crippen LogP) is 5.31. The minimum Gasteiger partial charge on any atom is -0.335 e. The van der Waals surface area contributed by atoms with E-state index < -0.39 is 5.82 Å². The third kappa shape index (κ3) is 4.55. The highest BCUT2D eigenvalue weighted by molar-refractivity contribution is 5.98. The van der Waals surface area contributed by atoms with Crippen LogP contribution >= 0.6 is 0 Å². The zero-order chi connectivity index (χ0) is 22.1. The van der Waals surface area contributed by atoms with Crippen molar-refractivity contribution in [2.24, 2.45) is 5.92 Å². The second-order valence-corrected chi connectivity index (χ2v) is 9.24. The third-order valence-corrected chi connectivity index (χ3v) is 6.02. The molecule has 2 amide bonds. The molecule has 0 saturated carbocycles. The molecule has 160 valence electrons. The Balaban J connectivity index is 1.77. The van der Waals surface area contributed by atoms with Crippen LogP contribution in [0.2, 0.25) is 0 Å². The minimum absolute atomic E-state index is 0.0142. The maximum atomic E-state index is 14.3. The summed E-state index contributed by atoms with van der Waals surface area (Å²) in [5.41, 5.74) is 2.59. The smallest absolute Gasteiger partial charge is 0.257 e. The molecule has 3 rings (SSSR count). The highest BCUT2D eigenvalue weighted by Gasteiger charge is 2.36. The number of piperidine rings is 1. The Morgan fingerprint density at radius 3 is 2.50 bits per heavy atom. The number of halogens is 1. The van der Waals surface area contributed by atoms with E-state index in [-0.39, 0.29) is 34.8 Å². The van der Waals surface area contributed by atoms with E-state index in [0.717, 1.165) is 11.3 Å². The van der Waals surface area contributed by atoms with Gasteiger partial charge < -0.3 is 10.2 Å². The van der Waals surface area contributed by atoms with Gasteiger partial charge in [-0.3, -0.25) is 9.59 Å². The van der Waals surface area contributed by atoms with E-state index in [1.54, 1.807) is 24.0 Å². The van der Waals surface area contributed by atoms with Crippen LogP contribution in [0.3, 0.4) is 0 Å². The molecule has 0 bridgehead atoms. The fraction of sp³-hybridized carbons (Fsp3) is 0.440. The first-order valence-corrected chi connectivity index (χ1v) is 10.6. The molecule has 4 nitrogen and oxygen atoms in total. The summed E-state index contributed by atoms with van der Waals surface area (Å²) in [6, 6.07) is 12.2. The lowest BCUT2D eigenvalue weighted by molar-refractivity contribution is -0.122. The Kier molecular flexibility index (Phi) is 6.30. The van der Waals surface area contributed by atoms with Crippen molar-refractivity contribution in [2.75, 3.05) is 11.9 Å². The summed E-state index contributed by atoms with van der Waals surface area (Å²) in [7, 11) is 0. The molecule has 0 radical (unpaired) electrons. The number of benzene rings is 2. The Bertz CT molecular complexity index is 928. The molecule has 1 saturated heterocycles. The molecule has 2 atom stereocenters. The van der Waals surface area contributed by atoms with Crippen LogP contribution in [0.5, 0.6) is 0 Å². The number of hydrogen-bond donors (Lipinski definition) is 1. The molecule has 0 spiro atoms. The molecule has 2 aromatic carbocycles. The van der Waals surface area contributed by atoms with Crippen LogP contribution < -0.4 is 5.32 Å². The molecule has 5 heteroatoms. The molecule has 1 fully saturated rings. The van der Waals surface area contributed by atoms with E-state index in [0.29, 0.717) is 24.9 Å². The van der Waals surface area contributed by atoms with Gasteiger partial charge in [0.1, 0.15) is 5.82 Å². The average Bonchev–Trinajstić information content (AvgIpc) is 2.67. The molecule has 1 aliphatic heterocycles. The maximum Gasteiger partial charge on any atom is 0.257 e. The van der Waals surface area contributed by atoms with Crippen molar-refractivity contribution in [2.45, 2.75) is 58.9 Å². The Morgan fingerprint density at radius 2 is 1.83 bits per heavy atom. The van der Waals surface area contributed by atoms with E-state index in [4.69, 9.17) is 0 Å². The fourth-order valence-corrected chi connectivity index (χ4v) is 4.13. The molecule has 2 aromatic rings. The molecular weight excluding hydrogens is 379 g/mol. The van der Waals surface area contributed by atoms with Crippen molar-refractivity contribution in [3.63, 3.8) is 0 Å². The molecule has 0 aliphatic carbocycles. The first-order valence-electron chi connectivity index (χ1n) is 10.6. The summed E-state index contributed by atoms with van der Waals surface area (Å²) in [6.07, 6.45) is 1.41. The van der Waals surface area contributed by atoms with Gasteiger partial charge in [-0.25, -0.2) is 4.39 Å². The topological polar surface area (TPSA) is 49.4 Å². The Labute approximate surface area is 178 Å². The monoisotopic (exact) mass is 410 g/mol. The van der Waals surface area contributed by atoms with E-state index in [2.05, 4.69) is 32.2 Å². The van der Waals surface area contributed by atoms with Crippen molar-refractivity contribution in [3.8, 4) is 0 Å². The number of carbonyl (C=O) groups is 2. The number of amides is 2. The molecule has 30 heavy (non-hydrogen) atoms. The molecule has 1 heterocycles. The number of hydrogen-bond acceptors (Lipinski definition) is 2. The second-order valence-electron chi connectivity index (χ2n) is 9.24. The van der Waals surface area contributed by atoms with E-state index in [1.165, 1.54) is 6.07 Å². The van der Waals surface area contributed by atoms with Gasteiger partial charge in [0.05, 0.1) is 11.5 Å². The van der Waals surface area contributed by atoms with Crippen LogP contribution in [-0.4, -0.2) is 29.3 Å². The van der Waals surface area contributed by atoms with E-state index in [9.17, 15) is 14.0 Å². The molecule has 1 N–H and O–H groups in total. The van der Waals surface area contributed by atoms with Gasteiger partial charge in [0, 0.05) is 18.3 Å². The third-order valence-electron chi connectivity index (χ3n) is 6.02. The lowest BCUT2D eigenvalue weighted by Gasteiger charge is -2.39. The van der Waals surface area contributed by atoms with Crippen molar-refractivity contribution in [3.05, 3.63) is 65.0 Å². The van der Waals surface area contributed by atoms with E-state index in [1.807, 2.05) is 25.1 Å². The van der Waals surface area contributed by atoms with Gasteiger partial charge >= 0.3 is 0 Å². The number of likely N-dealkylation sites (tertiary alicyclic amines) is 1. The SMILES string of the molecule is Cc1cccc(F)c1C(=O)N1CCC[C@H](C(=O)Nc2cccc(C(C)(C)C)c2)[C@@H]1C. The predicted molar refractivity (Wildman–Crippen MR) is 118 cm³/mol. The van der Waals surface area contributed by atoms with Gasteiger partial charge in [0.15, 0.2) is 0 Å². The summed E-state index contributed by atoms with van der Waals surface area (Å²) < 4.78 is 14.3. The molecular formula is C25H31FN2O2. The lowest BCUT2D eigenvalue weighted by atomic mass is 9.86. The highest BCUT2D eigenvalue weighted by atomic mass is 19.1. The number of nitrogens with one attached hydrogen (secondary N) is 1. The first kappa shape index (κ1) is 22.0. The van der Waals surface area contributed by atoms with Crippen molar-refractivity contribution < 1.29 is 14.0 Å². The average molecular weight is 411 g/mol. The Morgan fingerprint density at radius 1 is 1.13 bits per heavy atom. The molecule has 0 unspecified atom stereocenters. The zero-order valence-electron chi connectivity index (χ0n) is 18.5. The van der Waals surface area contributed by atoms with Crippen LogP contribution in [0.15, 0.2) is 42.5 Å². The number of anilines is 1. The summed E-state index contributed by atoms with van der Waals surface area (Å²) in [5, 5.41) is 3.03. The number of rotatable bonds is 3.